The number of aryl methyl sites for hydroxylation is 1. The lowest BCUT2D eigenvalue weighted by Crippen LogP contribution is -2.01. The first kappa shape index (κ1) is 16.4. The molecular weight excluding hydrogens is 374 g/mol. The molecule has 0 aromatic heterocycles. The number of halogens is 1. The van der Waals surface area contributed by atoms with E-state index in [-0.39, 0.29) is 0 Å². The highest BCUT2D eigenvalue weighted by Crippen LogP contribution is 2.38. The van der Waals surface area contributed by atoms with Crippen molar-refractivity contribution in [2.24, 2.45) is 4.99 Å². The monoisotopic (exact) mass is 391 g/mol. The van der Waals surface area contributed by atoms with E-state index in [0.717, 1.165) is 44.4 Å². The Morgan fingerprint density at radius 3 is 2.83 bits per heavy atom. The van der Waals surface area contributed by atoms with Crippen molar-refractivity contribution >= 4 is 32.7 Å². The van der Waals surface area contributed by atoms with Gasteiger partial charge in [-0.15, -0.1) is 11.8 Å². The molecule has 23 heavy (non-hydrogen) atoms. The molecule has 3 rings (SSSR count). The summed E-state index contributed by atoms with van der Waals surface area (Å²) in [6.07, 6.45) is 0. The number of nitrogens with zero attached hydrogens (tertiary/aromatic N) is 1. The van der Waals surface area contributed by atoms with E-state index in [1.807, 2.05) is 18.2 Å². The molecule has 0 saturated carbocycles. The van der Waals surface area contributed by atoms with Gasteiger partial charge in [0.1, 0.15) is 6.61 Å². The molecule has 0 fully saturated rings. The molecule has 1 aliphatic heterocycles. The van der Waals surface area contributed by atoms with E-state index in [1.165, 1.54) is 5.56 Å². The number of benzene rings is 2. The van der Waals surface area contributed by atoms with Gasteiger partial charge in [-0.2, -0.15) is 0 Å². The molecule has 0 atom stereocenters. The first-order chi connectivity index (χ1) is 11.2. The zero-order valence-corrected chi connectivity index (χ0v) is 15.5. The van der Waals surface area contributed by atoms with Crippen LogP contribution >= 0.6 is 27.7 Å². The minimum Gasteiger partial charge on any atom is -0.493 e. The summed E-state index contributed by atoms with van der Waals surface area (Å²) in [6, 6.07) is 12.3. The standard InChI is InChI=1S/C18H18BrNO2S/c1-12-4-3-5-13(8-12)11-22-17-15(19)9-14(10-16(17)21-2)18-20-6-7-23-18/h3-5,8-10H,6-7,11H2,1-2H3. The third-order valence-electron chi connectivity index (χ3n) is 3.53. The van der Waals surface area contributed by atoms with Crippen LogP contribution in [0.4, 0.5) is 0 Å². The van der Waals surface area contributed by atoms with Crippen molar-refractivity contribution in [3.63, 3.8) is 0 Å². The van der Waals surface area contributed by atoms with E-state index in [9.17, 15) is 0 Å². The molecule has 1 heterocycles. The van der Waals surface area contributed by atoms with Gasteiger partial charge in [0.05, 0.1) is 16.6 Å². The number of ether oxygens (including phenoxy) is 2. The van der Waals surface area contributed by atoms with Gasteiger partial charge in [-0.25, -0.2) is 0 Å². The highest BCUT2D eigenvalue weighted by molar-refractivity contribution is 9.10. The van der Waals surface area contributed by atoms with Crippen LogP contribution in [-0.4, -0.2) is 24.5 Å². The predicted molar refractivity (Wildman–Crippen MR) is 100 cm³/mol. The topological polar surface area (TPSA) is 30.8 Å². The van der Waals surface area contributed by atoms with Gasteiger partial charge in [-0.1, -0.05) is 29.8 Å². The molecule has 2 aromatic rings. The fourth-order valence-corrected chi connectivity index (χ4v) is 3.85. The first-order valence-electron chi connectivity index (χ1n) is 7.41. The van der Waals surface area contributed by atoms with Crippen molar-refractivity contribution in [2.75, 3.05) is 19.4 Å². The fraction of sp³-hybridized carbons (Fsp3) is 0.278. The maximum absolute atomic E-state index is 6.00. The number of hydrogen-bond donors (Lipinski definition) is 0. The van der Waals surface area contributed by atoms with Crippen molar-refractivity contribution < 1.29 is 9.47 Å². The summed E-state index contributed by atoms with van der Waals surface area (Å²) in [5, 5.41) is 1.06. The Bertz CT molecular complexity index is 746. The molecular formula is C18H18BrNO2S. The second-order valence-corrected chi connectivity index (χ2v) is 7.24. The zero-order chi connectivity index (χ0) is 16.2. The summed E-state index contributed by atoms with van der Waals surface area (Å²) in [7, 11) is 1.66. The minimum absolute atomic E-state index is 0.506. The number of aliphatic imine (C=N–C) groups is 1. The van der Waals surface area contributed by atoms with Crippen LogP contribution in [0.5, 0.6) is 11.5 Å². The van der Waals surface area contributed by atoms with Gasteiger partial charge in [0, 0.05) is 17.9 Å². The molecule has 3 nitrogen and oxygen atoms in total. The molecule has 120 valence electrons. The van der Waals surface area contributed by atoms with Gasteiger partial charge in [0.25, 0.3) is 0 Å². The van der Waals surface area contributed by atoms with Crippen LogP contribution in [0.3, 0.4) is 0 Å². The van der Waals surface area contributed by atoms with Gasteiger partial charge in [0.15, 0.2) is 11.5 Å². The molecule has 0 aliphatic carbocycles. The number of hydrogen-bond acceptors (Lipinski definition) is 4. The summed E-state index contributed by atoms with van der Waals surface area (Å²) >= 11 is 5.38. The molecule has 0 bridgehead atoms. The van der Waals surface area contributed by atoms with E-state index in [1.54, 1.807) is 18.9 Å². The van der Waals surface area contributed by atoms with Crippen molar-refractivity contribution in [2.45, 2.75) is 13.5 Å². The minimum atomic E-state index is 0.506. The highest BCUT2D eigenvalue weighted by atomic mass is 79.9. The summed E-state index contributed by atoms with van der Waals surface area (Å²) in [5.41, 5.74) is 3.43. The van der Waals surface area contributed by atoms with E-state index < -0.39 is 0 Å². The molecule has 0 radical (unpaired) electrons. The van der Waals surface area contributed by atoms with Crippen LogP contribution in [-0.2, 0) is 6.61 Å². The van der Waals surface area contributed by atoms with Crippen molar-refractivity contribution in [3.8, 4) is 11.5 Å². The smallest absolute Gasteiger partial charge is 0.175 e. The van der Waals surface area contributed by atoms with Crippen LogP contribution in [0.2, 0.25) is 0 Å². The van der Waals surface area contributed by atoms with Crippen molar-refractivity contribution in [3.05, 3.63) is 57.6 Å². The molecule has 1 aliphatic rings. The summed E-state index contributed by atoms with van der Waals surface area (Å²) in [4.78, 5) is 4.52. The Morgan fingerprint density at radius 2 is 2.13 bits per heavy atom. The molecule has 0 spiro atoms. The maximum Gasteiger partial charge on any atom is 0.175 e. The van der Waals surface area contributed by atoms with E-state index in [2.05, 4.69) is 46.0 Å². The van der Waals surface area contributed by atoms with Gasteiger partial charge >= 0.3 is 0 Å². The number of thioether (sulfide) groups is 1. The normalized spacial score (nSPS) is 13.8. The lowest BCUT2D eigenvalue weighted by Gasteiger charge is -2.14. The molecule has 5 heteroatoms. The molecule has 0 N–H and O–H groups in total. The Hall–Kier alpha value is -1.46. The number of methoxy groups -OCH3 is 1. The van der Waals surface area contributed by atoms with E-state index >= 15 is 0 Å². The Balaban J connectivity index is 1.83. The Kier molecular flexibility index (Phi) is 5.28. The van der Waals surface area contributed by atoms with E-state index in [0.29, 0.717) is 6.61 Å². The third kappa shape index (κ3) is 3.90. The molecule has 0 saturated heterocycles. The van der Waals surface area contributed by atoms with Gasteiger partial charge in [0.2, 0.25) is 0 Å². The molecule has 2 aromatic carbocycles. The second-order valence-electron chi connectivity index (χ2n) is 5.30. The van der Waals surface area contributed by atoms with Crippen LogP contribution in [0, 0.1) is 6.92 Å². The highest BCUT2D eigenvalue weighted by Gasteiger charge is 2.17. The van der Waals surface area contributed by atoms with Gasteiger partial charge < -0.3 is 9.47 Å². The molecule has 0 unspecified atom stereocenters. The fourth-order valence-electron chi connectivity index (χ4n) is 2.45. The van der Waals surface area contributed by atoms with Crippen molar-refractivity contribution in [1.82, 2.24) is 0 Å². The van der Waals surface area contributed by atoms with Crippen molar-refractivity contribution in [1.29, 1.82) is 0 Å². The average Bonchev–Trinajstić information content (AvgIpc) is 3.07. The summed E-state index contributed by atoms with van der Waals surface area (Å²) in [5.74, 6) is 2.49. The largest absolute Gasteiger partial charge is 0.493 e. The SMILES string of the molecule is COc1cc(C2=NCCS2)cc(Br)c1OCc1cccc(C)c1. The molecule has 0 amide bonds. The summed E-state index contributed by atoms with van der Waals surface area (Å²) < 4.78 is 12.4. The van der Waals surface area contributed by atoms with Crippen LogP contribution in [0.15, 0.2) is 45.9 Å². The third-order valence-corrected chi connectivity index (χ3v) is 5.14. The Labute approximate surface area is 149 Å². The summed E-state index contributed by atoms with van der Waals surface area (Å²) in [6.45, 7) is 3.46. The quantitative estimate of drug-likeness (QED) is 0.730. The predicted octanol–water partition coefficient (Wildman–Crippen LogP) is 4.84. The van der Waals surface area contributed by atoms with Crippen LogP contribution in [0.1, 0.15) is 16.7 Å². The zero-order valence-electron chi connectivity index (χ0n) is 13.1. The lowest BCUT2D eigenvalue weighted by atomic mass is 10.1. The second kappa shape index (κ2) is 7.41. The maximum atomic E-state index is 6.00. The Morgan fingerprint density at radius 1 is 1.26 bits per heavy atom. The van der Waals surface area contributed by atoms with Gasteiger partial charge in [-0.05, 0) is 40.5 Å². The number of rotatable bonds is 5. The first-order valence-corrected chi connectivity index (χ1v) is 9.19. The van der Waals surface area contributed by atoms with Crippen LogP contribution in [0.25, 0.3) is 0 Å². The van der Waals surface area contributed by atoms with E-state index in [4.69, 9.17) is 9.47 Å². The average molecular weight is 392 g/mol. The lowest BCUT2D eigenvalue weighted by molar-refractivity contribution is 0.282. The van der Waals surface area contributed by atoms with Gasteiger partial charge in [-0.3, -0.25) is 4.99 Å². The van der Waals surface area contributed by atoms with Crippen LogP contribution < -0.4 is 9.47 Å².